The van der Waals surface area contributed by atoms with Crippen LogP contribution in [-0.2, 0) is 25.0 Å². The van der Waals surface area contributed by atoms with E-state index in [1.165, 1.54) is 9.21 Å². The van der Waals surface area contributed by atoms with Gasteiger partial charge in [0.1, 0.15) is 6.04 Å². The molecule has 0 aromatic heterocycles. The van der Waals surface area contributed by atoms with Crippen molar-refractivity contribution >= 4 is 28.0 Å². The van der Waals surface area contributed by atoms with Gasteiger partial charge in [0.15, 0.2) is 0 Å². The predicted octanol–water partition coefficient (Wildman–Crippen LogP) is 2.45. The highest BCUT2D eigenvalue weighted by atomic mass is 32.2. The molecule has 2 aromatic carbocycles. The summed E-state index contributed by atoms with van der Waals surface area (Å²) in [6, 6.07) is 14.8. The smallest absolute Gasteiger partial charge is 0.248 e. The van der Waals surface area contributed by atoms with Crippen molar-refractivity contribution in [3.63, 3.8) is 0 Å². The van der Waals surface area contributed by atoms with Crippen molar-refractivity contribution in [3.8, 4) is 0 Å². The summed E-state index contributed by atoms with van der Waals surface area (Å²) in [5, 5.41) is 2.75. The van der Waals surface area contributed by atoms with Gasteiger partial charge in [-0.15, -0.1) is 0 Å². The second kappa shape index (κ2) is 8.57. The topological polar surface area (TPSA) is 86.8 Å². The maximum atomic E-state index is 13.2. The van der Waals surface area contributed by atoms with Gasteiger partial charge in [0.25, 0.3) is 0 Å². The van der Waals surface area contributed by atoms with E-state index in [2.05, 4.69) is 26.1 Å². The van der Waals surface area contributed by atoms with E-state index in [-0.39, 0.29) is 29.9 Å². The molecule has 1 heterocycles. The van der Waals surface area contributed by atoms with Crippen LogP contribution in [0.3, 0.4) is 0 Å². The number of para-hydroxylation sites is 1. The molecule has 30 heavy (non-hydrogen) atoms. The van der Waals surface area contributed by atoms with E-state index >= 15 is 0 Å². The third-order valence-corrected chi connectivity index (χ3v) is 7.10. The summed E-state index contributed by atoms with van der Waals surface area (Å²) < 4.78 is 27.6. The predicted molar refractivity (Wildman–Crippen MR) is 116 cm³/mol. The number of amides is 2. The molecule has 2 amide bonds. The summed E-state index contributed by atoms with van der Waals surface area (Å²) >= 11 is 0. The molecular formula is C22H27N3O4S. The number of hydrogen-bond donors (Lipinski definition) is 1. The van der Waals surface area contributed by atoms with E-state index in [0.29, 0.717) is 12.1 Å². The zero-order chi connectivity index (χ0) is 21.9. The van der Waals surface area contributed by atoms with E-state index in [4.69, 9.17) is 0 Å². The van der Waals surface area contributed by atoms with Crippen LogP contribution in [0, 0.1) is 0 Å². The third-order valence-electron chi connectivity index (χ3n) is 5.22. The largest absolute Gasteiger partial charge is 0.331 e. The van der Waals surface area contributed by atoms with Crippen molar-refractivity contribution in [3.05, 3.63) is 60.2 Å². The molecular weight excluding hydrogens is 402 g/mol. The highest BCUT2D eigenvalue weighted by molar-refractivity contribution is 7.89. The van der Waals surface area contributed by atoms with Crippen LogP contribution in [0.15, 0.2) is 59.5 Å². The van der Waals surface area contributed by atoms with Gasteiger partial charge in [0, 0.05) is 25.3 Å². The van der Waals surface area contributed by atoms with Crippen molar-refractivity contribution in [1.29, 1.82) is 0 Å². The lowest BCUT2D eigenvalue weighted by Crippen LogP contribution is -2.58. The van der Waals surface area contributed by atoms with Crippen LogP contribution in [0.5, 0.6) is 0 Å². The molecule has 0 spiro atoms. The van der Waals surface area contributed by atoms with Crippen LogP contribution in [0.2, 0.25) is 0 Å². The summed E-state index contributed by atoms with van der Waals surface area (Å²) in [7, 11) is -3.78. The van der Waals surface area contributed by atoms with E-state index in [1.807, 2.05) is 18.2 Å². The molecule has 0 aliphatic carbocycles. The zero-order valence-electron chi connectivity index (χ0n) is 17.4. The number of carbonyl (C=O) groups excluding carboxylic acids is 2. The van der Waals surface area contributed by atoms with Gasteiger partial charge in [-0.05, 0) is 35.2 Å². The normalized spacial score (nSPS) is 18.1. The molecule has 0 bridgehead atoms. The Labute approximate surface area is 177 Å². The van der Waals surface area contributed by atoms with Gasteiger partial charge in [-0.2, -0.15) is 4.31 Å². The molecule has 8 heteroatoms. The molecule has 160 valence electrons. The van der Waals surface area contributed by atoms with Crippen molar-refractivity contribution in [2.75, 3.05) is 25.0 Å². The fraction of sp³-hybridized carbons (Fsp3) is 0.364. The molecule has 1 saturated heterocycles. The fourth-order valence-corrected chi connectivity index (χ4v) is 4.81. The van der Waals surface area contributed by atoms with Crippen molar-refractivity contribution in [1.82, 2.24) is 9.21 Å². The number of carbonyl (C=O) groups is 2. The summed E-state index contributed by atoms with van der Waals surface area (Å²) in [5.41, 5.74) is 1.54. The standard InChI is InChI=1S/C22H27N3O4S/c1-22(2,3)17-9-11-19(12-10-17)30(28,29)25-14-13-24(16-26)20(15-25)21(27)23-18-7-5-4-6-8-18/h4-12,16,20H,13-15H2,1-3H3,(H,23,27)/t20-/m1/s1. The van der Waals surface area contributed by atoms with E-state index in [9.17, 15) is 18.0 Å². The fourth-order valence-electron chi connectivity index (χ4n) is 3.37. The monoisotopic (exact) mass is 429 g/mol. The number of nitrogens with one attached hydrogen (secondary N) is 1. The molecule has 1 aliphatic heterocycles. The van der Waals surface area contributed by atoms with E-state index < -0.39 is 22.0 Å². The summed E-state index contributed by atoms with van der Waals surface area (Å²) in [4.78, 5) is 25.7. The summed E-state index contributed by atoms with van der Waals surface area (Å²) in [6.45, 7) is 6.37. The number of nitrogens with zero attached hydrogens (tertiary/aromatic N) is 2. The Morgan fingerprint density at radius 1 is 1.03 bits per heavy atom. The molecule has 1 atom stereocenters. The average molecular weight is 430 g/mol. The lowest BCUT2D eigenvalue weighted by atomic mass is 9.87. The number of benzene rings is 2. The Morgan fingerprint density at radius 3 is 2.23 bits per heavy atom. The van der Waals surface area contributed by atoms with Crippen LogP contribution in [0.4, 0.5) is 5.69 Å². The maximum absolute atomic E-state index is 13.2. The van der Waals surface area contributed by atoms with Crippen LogP contribution in [0.25, 0.3) is 0 Å². The zero-order valence-corrected chi connectivity index (χ0v) is 18.2. The first-order chi connectivity index (χ1) is 14.1. The van der Waals surface area contributed by atoms with Gasteiger partial charge in [0.2, 0.25) is 22.3 Å². The average Bonchev–Trinajstić information content (AvgIpc) is 2.73. The van der Waals surface area contributed by atoms with E-state index in [1.54, 1.807) is 36.4 Å². The van der Waals surface area contributed by atoms with Crippen molar-refractivity contribution < 1.29 is 18.0 Å². The summed E-state index contributed by atoms with van der Waals surface area (Å²) in [6.07, 6.45) is 0.595. The highest BCUT2D eigenvalue weighted by Gasteiger charge is 2.37. The molecule has 0 saturated carbocycles. The molecule has 1 N–H and O–H groups in total. The lowest BCUT2D eigenvalue weighted by Gasteiger charge is -2.37. The Bertz CT molecular complexity index is 999. The molecule has 1 aliphatic rings. The molecule has 2 aromatic rings. The number of sulfonamides is 1. The SMILES string of the molecule is CC(C)(C)c1ccc(S(=O)(=O)N2CCN(C=O)[C@@H](C(=O)Nc3ccccc3)C2)cc1. The molecule has 0 radical (unpaired) electrons. The first-order valence-corrected chi connectivity index (χ1v) is 11.2. The number of rotatable bonds is 5. The van der Waals surface area contributed by atoms with Gasteiger partial charge in [-0.3, -0.25) is 9.59 Å². The molecule has 3 rings (SSSR count). The second-order valence-electron chi connectivity index (χ2n) is 8.35. The highest BCUT2D eigenvalue weighted by Crippen LogP contribution is 2.26. The summed E-state index contributed by atoms with van der Waals surface area (Å²) in [5.74, 6) is -0.420. The van der Waals surface area contributed by atoms with Crippen LogP contribution >= 0.6 is 0 Å². The lowest BCUT2D eigenvalue weighted by molar-refractivity contribution is -0.131. The van der Waals surface area contributed by atoms with Gasteiger partial charge in [-0.1, -0.05) is 51.1 Å². The Balaban J connectivity index is 1.80. The third kappa shape index (κ3) is 4.71. The van der Waals surface area contributed by atoms with Crippen molar-refractivity contribution in [2.45, 2.75) is 37.1 Å². The molecule has 7 nitrogen and oxygen atoms in total. The van der Waals surface area contributed by atoms with Gasteiger partial charge in [0.05, 0.1) is 4.90 Å². The van der Waals surface area contributed by atoms with Crippen LogP contribution in [-0.4, -0.2) is 55.6 Å². The minimum Gasteiger partial charge on any atom is -0.331 e. The molecule has 1 fully saturated rings. The first kappa shape index (κ1) is 22.0. The number of hydrogen-bond acceptors (Lipinski definition) is 4. The van der Waals surface area contributed by atoms with Crippen LogP contribution < -0.4 is 5.32 Å². The number of anilines is 1. The Kier molecular flexibility index (Phi) is 6.28. The van der Waals surface area contributed by atoms with Crippen molar-refractivity contribution in [2.24, 2.45) is 0 Å². The maximum Gasteiger partial charge on any atom is 0.248 e. The minimum atomic E-state index is -3.78. The van der Waals surface area contributed by atoms with Gasteiger partial charge in [-0.25, -0.2) is 8.42 Å². The van der Waals surface area contributed by atoms with Crippen LogP contribution in [0.1, 0.15) is 26.3 Å². The Morgan fingerprint density at radius 2 is 1.67 bits per heavy atom. The first-order valence-electron chi connectivity index (χ1n) is 9.80. The molecule has 0 unspecified atom stereocenters. The number of piperazine rings is 1. The minimum absolute atomic E-state index is 0.0848. The Hall–Kier alpha value is -2.71. The quantitative estimate of drug-likeness (QED) is 0.740. The van der Waals surface area contributed by atoms with Gasteiger partial charge >= 0.3 is 0 Å². The van der Waals surface area contributed by atoms with Gasteiger partial charge < -0.3 is 10.2 Å². The second-order valence-corrected chi connectivity index (χ2v) is 10.3. The van der Waals surface area contributed by atoms with E-state index in [0.717, 1.165) is 5.56 Å².